The van der Waals surface area contributed by atoms with Crippen molar-refractivity contribution >= 4 is 64.1 Å². The van der Waals surface area contributed by atoms with Crippen molar-refractivity contribution in [3.63, 3.8) is 0 Å². The van der Waals surface area contributed by atoms with E-state index in [0.29, 0.717) is 27.4 Å². The van der Waals surface area contributed by atoms with Crippen LogP contribution < -0.4 is 26.6 Å². The Morgan fingerprint density at radius 1 is 0.654 bits per heavy atom. The molecule has 52 heavy (non-hydrogen) atoms. The first kappa shape index (κ1) is 37.7. The zero-order chi connectivity index (χ0) is 37.0. The Labute approximate surface area is 309 Å². The van der Waals surface area contributed by atoms with Crippen LogP contribution in [-0.2, 0) is 54.5 Å². The highest BCUT2D eigenvalue weighted by Gasteiger charge is 2.32. The fourth-order valence-corrected chi connectivity index (χ4v) is 6.54. The van der Waals surface area contributed by atoms with E-state index < -0.39 is 59.7 Å². The number of hydrogen-bond donors (Lipinski definition) is 6. The molecule has 14 heteroatoms. The van der Waals surface area contributed by atoms with Crippen LogP contribution in [0.3, 0.4) is 0 Å². The molecule has 4 aromatic rings. The van der Waals surface area contributed by atoms with E-state index in [4.69, 9.17) is 11.6 Å². The Morgan fingerprint density at radius 3 is 1.83 bits per heavy atom. The van der Waals surface area contributed by atoms with Crippen LogP contribution in [0.15, 0.2) is 96.4 Å². The Morgan fingerprint density at radius 2 is 1.23 bits per heavy atom. The lowest BCUT2D eigenvalue weighted by atomic mass is 10.0. The summed E-state index contributed by atoms with van der Waals surface area (Å²) in [5.41, 5.74) is 2.36. The Balaban J connectivity index is 1.50. The molecule has 0 saturated heterocycles. The normalized spacial score (nSPS) is 20.8. The summed E-state index contributed by atoms with van der Waals surface area (Å²) in [5, 5.41) is 25.9. The minimum absolute atomic E-state index is 0.00182. The fourth-order valence-electron chi connectivity index (χ4n) is 5.66. The van der Waals surface area contributed by atoms with Gasteiger partial charge in [0.25, 0.3) is 0 Å². The van der Waals surface area contributed by atoms with Gasteiger partial charge in [-0.25, -0.2) is 4.79 Å². The van der Waals surface area contributed by atoms with E-state index in [9.17, 15) is 33.9 Å². The standard InChI is InChI=1S/C38H38ClN5O7S/c39-26-12-8-24(9-13-26)20-30-35(47)42-29(19-23-5-2-1-3-6-23)36(48)44-32(38(50)51)21-25-10-14-27(15-11-25)40-33(45)16-17-34(46)41-31(37(49)43-30)22-28-7-4-18-52-28/h1-15,18,29-32H,16-17,19-22H2,(H,40,45)(H,41,46)(H,42,47)(H,43,49)(H,44,48)(H,50,51)/t29-,30+,31-,32+/m1/s1. The molecular formula is C38H38ClN5O7S. The summed E-state index contributed by atoms with van der Waals surface area (Å²) in [4.78, 5) is 80.9. The molecule has 6 rings (SSSR count). The molecule has 0 radical (unpaired) electrons. The zero-order valence-corrected chi connectivity index (χ0v) is 29.5. The van der Waals surface area contributed by atoms with Crippen LogP contribution in [-0.4, -0.2) is 64.8 Å². The third-order valence-corrected chi connectivity index (χ3v) is 9.56. The lowest BCUT2D eigenvalue weighted by molar-refractivity contribution is -0.142. The maximum Gasteiger partial charge on any atom is 0.326 e. The number of aliphatic carboxylic acids is 1. The quantitative estimate of drug-likeness (QED) is 0.157. The van der Waals surface area contributed by atoms with Gasteiger partial charge in [-0.3, -0.25) is 24.0 Å². The highest BCUT2D eigenvalue weighted by molar-refractivity contribution is 7.09. The highest BCUT2D eigenvalue weighted by Crippen LogP contribution is 2.16. The smallest absolute Gasteiger partial charge is 0.326 e. The van der Waals surface area contributed by atoms with Gasteiger partial charge in [0, 0.05) is 54.1 Å². The van der Waals surface area contributed by atoms with Crippen LogP contribution in [0.1, 0.15) is 34.4 Å². The monoisotopic (exact) mass is 743 g/mol. The topological polar surface area (TPSA) is 183 Å². The number of halogens is 1. The molecule has 0 unspecified atom stereocenters. The molecule has 3 aromatic carbocycles. The maximum atomic E-state index is 14.1. The number of anilines is 1. The van der Waals surface area contributed by atoms with Crippen molar-refractivity contribution in [3.8, 4) is 0 Å². The van der Waals surface area contributed by atoms with E-state index in [1.54, 1.807) is 78.9 Å². The number of nitrogens with one attached hydrogen (secondary N) is 5. The van der Waals surface area contributed by atoms with Crippen LogP contribution in [0.4, 0.5) is 5.69 Å². The molecule has 5 amide bonds. The van der Waals surface area contributed by atoms with Crippen molar-refractivity contribution in [1.82, 2.24) is 21.3 Å². The first-order chi connectivity index (χ1) is 25.0. The fraction of sp³-hybridized carbons (Fsp3) is 0.263. The van der Waals surface area contributed by atoms with E-state index in [1.165, 1.54) is 11.3 Å². The van der Waals surface area contributed by atoms with E-state index in [-0.39, 0.29) is 38.5 Å². The zero-order valence-electron chi connectivity index (χ0n) is 28.0. The van der Waals surface area contributed by atoms with E-state index in [2.05, 4.69) is 26.6 Å². The minimum Gasteiger partial charge on any atom is -0.480 e. The lowest BCUT2D eigenvalue weighted by Crippen LogP contribution is -2.59. The van der Waals surface area contributed by atoms with Gasteiger partial charge in [0.1, 0.15) is 24.2 Å². The second-order valence-electron chi connectivity index (χ2n) is 12.4. The van der Waals surface area contributed by atoms with Gasteiger partial charge in [-0.15, -0.1) is 11.3 Å². The summed E-state index contributed by atoms with van der Waals surface area (Å²) in [5.74, 6) is -4.35. The number of benzene rings is 3. The number of carbonyl (C=O) groups is 6. The van der Waals surface area contributed by atoms with Crippen molar-refractivity contribution in [2.75, 3.05) is 5.32 Å². The molecule has 2 bridgehead atoms. The number of fused-ring (bicyclic) bond motifs is 18. The first-order valence-electron chi connectivity index (χ1n) is 16.6. The van der Waals surface area contributed by atoms with Crippen molar-refractivity contribution in [3.05, 3.63) is 123 Å². The van der Waals surface area contributed by atoms with Gasteiger partial charge in [0.15, 0.2) is 0 Å². The molecule has 3 heterocycles. The van der Waals surface area contributed by atoms with Crippen LogP contribution in [0.2, 0.25) is 5.02 Å². The number of carboxylic acid groups (broad SMARTS) is 1. The summed E-state index contributed by atoms with van der Waals surface area (Å²) in [6.07, 6.45) is -0.304. The van der Waals surface area contributed by atoms with Crippen molar-refractivity contribution in [1.29, 1.82) is 0 Å². The third-order valence-electron chi connectivity index (χ3n) is 8.41. The van der Waals surface area contributed by atoms with Gasteiger partial charge in [-0.05, 0) is 52.4 Å². The van der Waals surface area contributed by atoms with Crippen LogP contribution in [0.25, 0.3) is 0 Å². The largest absolute Gasteiger partial charge is 0.480 e. The summed E-state index contributed by atoms with van der Waals surface area (Å²) in [7, 11) is 0. The van der Waals surface area contributed by atoms with Gasteiger partial charge in [-0.1, -0.05) is 72.3 Å². The molecule has 2 aliphatic rings. The molecule has 270 valence electrons. The molecular weight excluding hydrogens is 706 g/mol. The minimum atomic E-state index is -1.35. The average molecular weight is 744 g/mol. The van der Waals surface area contributed by atoms with Crippen molar-refractivity contribution < 1.29 is 33.9 Å². The van der Waals surface area contributed by atoms with Gasteiger partial charge in [-0.2, -0.15) is 0 Å². The van der Waals surface area contributed by atoms with Gasteiger partial charge < -0.3 is 31.7 Å². The number of rotatable bonds is 7. The number of thiophene rings is 1. The summed E-state index contributed by atoms with van der Waals surface area (Å²) in [6.45, 7) is 0. The Hall–Kier alpha value is -5.53. The molecule has 0 aliphatic carbocycles. The number of hydrogen-bond acceptors (Lipinski definition) is 7. The lowest BCUT2D eigenvalue weighted by Gasteiger charge is -2.26. The molecule has 12 nitrogen and oxygen atoms in total. The van der Waals surface area contributed by atoms with E-state index in [0.717, 1.165) is 4.88 Å². The summed E-state index contributed by atoms with van der Waals surface area (Å²) < 4.78 is 0. The Kier molecular flexibility index (Phi) is 13.1. The third kappa shape index (κ3) is 11.2. The Bertz CT molecular complexity index is 1870. The second kappa shape index (κ2) is 18.1. The van der Waals surface area contributed by atoms with Crippen molar-refractivity contribution in [2.24, 2.45) is 0 Å². The van der Waals surface area contributed by atoms with Gasteiger partial charge >= 0.3 is 5.97 Å². The van der Waals surface area contributed by atoms with Crippen molar-refractivity contribution in [2.45, 2.75) is 62.7 Å². The number of carbonyl (C=O) groups excluding carboxylic acids is 5. The second-order valence-corrected chi connectivity index (χ2v) is 13.9. The maximum absolute atomic E-state index is 14.1. The molecule has 6 N–H and O–H groups in total. The molecule has 1 aromatic heterocycles. The van der Waals surface area contributed by atoms with E-state index in [1.807, 2.05) is 17.5 Å². The van der Waals surface area contributed by atoms with Crippen LogP contribution in [0.5, 0.6) is 0 Å². The molecule has 4 atom stereocenters. The summed E-state index contributed by atoms with van der Waals surface area (Å²) in [6, 6.07) is 20.8. The highest BCUT2D eigenvalue weighted by atomic mass is 35.5. The van der Waals surface area contributed by atoms with E-state index >= 15 is 0 Å². The predicted molar refractivity (Wildman–Crippen MR) is 197 cm³/mol. The molecule has 0 fully saturated rings. The average Bonchev–Trinajstić information content (AvgIpc) is 3.64. The van der Waals surface area contributed by atoms with Gasteiger partial charge in [0.2, 0.25) is 29.5 Å². The number of amides is 5. The predicted octanol–water partition coefficient (Wildman–Crippen LogP) is 3.43. The van der Waals surface area contributed by atoms with Crippen LogP contribution in [0, 0.1) is 0 Å². The summed E-state index contributed by atoms with van der Waals surface area (Å²) >= 11 is 7.49. The molecule has 2 aliphatic heterocycles. The molecule has 0 spiro atoms. The number of carboxylic acids is 1. The molecule has 0 saturated carbocycles. The van der Waals surface area contributed by atoms with Crippen LogP contribution >= 0.6 is 22.9 Å². The first-order valence-corrected chi connectivity index (χ1v) is 17.9. The SMILES string of the molecule is O=C1CCC(=O)N[C@H](Cc2cccs2)C(=O)N[C@@H](Cc2ccc(Cl)cc2)C(=O)N[C@H](Cc2ccccc2)C(=O)N[C@H](C(=O)O)Cc2ccc(cc2)N1. The van der Waals surface area contributed by atoms with Gasteiger partial charge in [0.05, 0.1) is 0 Å².